The third-order valence-corrected chi connectivity index (χ3v) is 7.88. The molecule has 0 bridgehead atoms. The number of halogens is 1. The van der Waals surface area contributed by atoms with Crippen LogP contribution in [0.3, 0.4) is 0 Å². The Bertz CT molecular complexity index is 1500. The van der Waals surface area contributed by atoms with E-state index in [4.69, 9.17) is 0 Å². The van der Waals surface area contributed by atoms with Gasteiger partial charge >= 0.3 is 0 Å². The molecule has 0 aliphatic carbocycles. The van der Waals surface area contributed by atoms with Crippen LogP contribution in [0.25, 0.3) is 31.7 Å². The summed E-state index contributed by atoms with van der Waals surface area (Å²) in [5, 5.41) is 1.13. The molecule has 0 N–H and O–H groups in total. The van der Waals surface area contributed by atoms with Crippen molar-refractivity contribution >= 4 is 27.3 Å². The highest BCUT2D eigenvalue weighted by molar-refractivity contribution is 7.22. The fourth-order valence-electron chi connectivity index (χ4n) is 4.30. The van der Waals surface area contributed by atoms with Gasteiger partial charge in [0.2, 0.25) is 0 Å². The predicted octanol–water partition coefficient (Wildman–Crippen LogP) is 8.38. The van der Waals surface area contributed by atoms with Gasteiger partial charge in [0.25, 0.3) is 5.91 Å². The Balaban J connectivity index is 1.44. The van der Waals surface area contributed by atoms with E-state index < -0.39 is 5.54 Å². The standard InChI is InChI=1S/C31H26FNOS/c1-31(2,26-10-5-4-6-11-26)33(3)30(34)24-9-7-8-22(18-24)23-14-17-28-25(19-23)20-29(35-28)21-12-15-27(32)16-13-21/h4-20H,1-3H3. The lowest BCUT2D eigenvalue weighted by molar-refractivity contribution is 0.0622. The average molecular weight is 480 g/mol. The van der Waals surface area contributed by atoms with Gasteiger partial charge in [-0.1, -0.05) is 60.7 Å². The number of carbonyl (C=O) groups is 1. The number of thiophene rings is 1. The number of carbonyl (C=O) groups excluding carboxylic acids is 1. The minimum atomic E-state index is -0.444. The van der Waals surface area contributed by atoms with Gasteiger partial charge in [0.1, 0.15) is 5.82 Å². The molecule has 0 spiro atoms. The molecule has 0 atom stereocenters. The quantitative estimate of drug-likeness (QED) is 0.248. The number of rotatable bonds is 5. The van der Waals surface area contributed by atoms with Crippen molar-refractivity contribution in [1.29, 1.82) is 0 Å². The summed E-state index contributed by atoms with van der Waals surface area (Å²) in [4.78, 5) is 16.4. The SMILES string of the molecule is CN(C(=O)c1cccc(-c2ccc3sc(-c4ccc(F)cc4)cc3c2)c1)C(C)(C)c1ccccc1. The van der Waals surface area contributed by atoms with Gasteiger partial charge in [-0.3, -0.25) is 4.79 Å². The van der Waals surface area contributed by atoms with Crippen LogP contribution in [0.1, 0.15) is 29.8 Å². The molecule has 5 aromatic rings. The number of nitrogens with zero attached hydrogens (tertiary/aromatic N) is 1. The second kappa shape index (κ2) is 9.12. The molecule has 174 valence electrons. The van der Waals surface area contributed by atoms with Crippen molar-refractivity contribution in [2.24, 2.45) is 0 Å². The number of fused-ring (bicyclic) bond motifs is 1. The molecule has 5 rings (SSSR count). The van der Waals surface area contributed by atoms with Gasteiger partial charge in [0, 0.05) is 22.2 Å². The fraction of sp³-hybridized carbons (Fsp3) is 0.129. The molecule has 0 saturated carbocycles. The van der Waals surface area contributed by atoms with Crippen LogP contribution in [0.15, 0.2) is 103 Å². The van der Waals surface area contributed by atoms with Gasteiger partial charge in [0.15, 0.2) is 0 Å². The topological polar surface area (TPSA) is 20.3 Å². The van der Waals surface area contributed by atoms with Crippen LogP contribution in [-0.2, 0) is 5.54 Å². The Morgan fingerprint density at radius 2 is 1.46 bits per heavy atom. The highest BCUT2D eigenvalue weighted by Crippen LogP contribution is 2.36. The van der Waals surface area contributed by atoms with Gasteiger partial charge in [-0.15, -0.1) is 11.3 Å². The summed E-state index contributed by atoms with van der Waals surface area (Å²) in [5.41, 5.74) is 4.36. The van der Waals surface area contributed by atoms with Crippen molar-refractivity contribution in [2.45, 2.75) is 19.4 Å². The highest BCUT2D eigenvalue weighted by atomic mass is 32.1. The monoisotopic (exact) mass is 479 g/mol. The molecule has 35 heavy (non-hydrogen) atoms. The maximum atomic E-state index is 13.4. The summed E-state index contributed by atoms with van der Waals surface area (Å²) in [6.07, 6.45) is 0. The molecule has 4 aromatic carbocycles. The second-order valence-electron chi connectivity index (χ2n) is 9.24. The van der Waals surface area contributed by atoms with Crippen molar-refractivity contribution in [3.8, 4) is 21.6 Å². The Morgan fingerprint density at radius 1 is 0.771 bits per heavy atom. The molecule has 0 radical (unpaired) electrons. The fourth-order valence-corrected chi connectivity index (χ4v) is 5.35. The van der Waals surface area contributed by atoms with E-state index in [0.717, 1.165) is 32.5 Å². The van der Waals surface area contributed by atoms with Gasteiger partial charge in [0.05, 0.1) is 5.54 Å². The lowest BCUT2D eigenvalue weighted by Crippen LogP contribution is -2.42. The first-order valence-corrected chi connectivity index (χ1v) is 12.4. The third-order valence-electron chi connectivity index (χ3n) is 6.71. The molecule has 0 saturated heterocycles. The molecule has 2 nitrogen and oxygen atoms in total. The molecule has 0 aliphatic rings. The first-order chi connectivity index (χ1) is 16.8. The van der Waals surface area contributed by atoms with Crippen molar-refractivity contribution < 1.29 is 9.18 Å². The largest absolute Gasteiger partial charge is 0.333 e. The predicted molar refractivity (Wildman–Crippen MR) is 144 cm³/mol. The van der Waals surface area contributed by atoms with E-state index in [1.54, 1.807) is 16.2 Å². The van der Waals surface area contributed by atoms with E-state index in [9.17, 15) is 9.18 Å². The van der Waals surface area contributed by atoms with Crippen LogP contribution in [0.2, 0.25) is 0 Å². The molecular formula is C31H26FNOS. The summed E-state index contributed by atoms with van der Waals surface area (Å²) in [6.45, 7) is 4.13. The molecule has 1 aromatic heterocycles. The summed E-state index contributed by atoms with van der Waals surface area (Å²) in [5.74, 6) is -0.250. The normalized spacial score (nSPS) is 11.5. The van der Waals surface area contributed by atoms with Gasteiger partial charge in [-0.2, -0.15) is 0 Å². The van der Waals surface area contributed by atoms with Crippen molar-refractivity contribution in [3.05, 3.63) is 120 Å². The van der Waals surface area contributed by atoms with Crippen molar-refractivity contribution in [3.63, 3.8) is 0 Å². The zero-order valence-corrected chi connectivity index (χ0v) is 20.8. The van der Waals surface area contributed by atoms with Gasteiger partial charge in [-0.25, -0.2) is 4.39 Å². The van der Waals surface area contributed by atoms with Crippen LogP contribution < -0.4 is 0 Å². The zero-order chi connectivity index (χ0) is 24.6. The molecule has 1 amide bonds. The van der Waals surface area contributed by atoms with E-state index in [-0.39, 0.29) is 11.7 Å². The molecule has 0 fully saturated rings. The Morgan fingerprint density at radius 3 is 2.20 bits per heavy atom. The summed E-state index contributed by atoms with van der Waals surface area (Å²) < 4.78 is 14.5. The van der Waals surface area contributed by atoms with E-state index in [1.807, 2.05) is 61.6 Å². The Hall–Kier alpha value is -3.76. The minimum Gasteiger partial charge on any atom is -0.333 e. The van der Waals surface area contributed by atoms with Gasteiger partial charge in [-0.05, 0) is 84.0 Å². The van der Waals surface area contributed by atoms with E-state index in [2.05, 4.69) is 50.2 Å². The molecular weight excluding hydrogens is 453 g/mol. The highest BCUT2D eigenvalue weighted by Gasteiger charge is 2.30. The third kappa shape index (κ3) is 4.50. The second-order valence-corrected chi connectivity index (χ2v) is 10.3. The Kier molecular flexibility index (Phi) is 6.00. The van der Waals surface area contributed by atoms with Crippen LogP contribution in [-0.4, -0.2) is 17.9 Å². The van der Waals surface area contributed by atoms with Crippen LogP contribution in [0.5, 0.6) is 0 Å². The molecule has 0 unspecified atom stereocenters. The smallest absolute Gasteiger partial charge is 0.254 e. The first-order valence-electron chi connectivity index (χ1n) is 11.6. The Labute approximate surface area is 209 Å². The number of hydrogen-bond acceptors (Lipinski definition) is 2. The lowest BCUT2D eigenvalue weighted by Gasteiger charge is -2.36. The summed E-state index contributed by atoms with van der Waals surface area (Å²) >= 11 is 1.69. The number of amides is 1. The van der Waals surface area contributed by atoms with Crippen LogP contribution >= 0.6 is 11.3 Å². The maximum absolute atomic E-state index is 13.4. The number of benzene rings is 4. The molecule has 4 heteroatoms. The minimum absolute atomic E-state index is 0.0177. The lowest BCUT2D eigenvalue weighted by atomic mass is 9.91. The zero-order valence-electron chi connectivity index (χ0n) is 20.0. The van der Waals surface area contributed by atoms with Crippen LogP contribution in [0.4, 0.5) is 4.39 Å². The first kappa shape index (κ1) is 23.0. The molecule has 0 aliphatic heterocycles. The van der Waals surface area contributed by atoms with Crippen molar-refractivity contribution in [2.75, 3.05) is 7.05 Å². The summed E-state index contributed by atoms with van der Waals surface area (Å²) in [7, 11) is 1.86. The molecule has 1 heterocycles. The van der Waals surface area contributed by atoms with Gasteiger partial charge < -0.3 is 4.90 Å². The van der Waals surface area contributed by atoms with E-state index in [0.29, 0.717) is 5.56 Å². The summed E-state index contributed by atoms with van der Waals surface area (Å²) in [6, 6.07) is 33.0. The van der Waals surface area contributed by atoms with E-state index in [1.165, 1.54) is 16.8 Å². The number of hydrogen-bond donors (Lipinski definition) is 0. The van der Waals surface area contributed by atoms with E-state index >= 15 is 0 Å². The maximum Gasteiger partial charge on any atom is 0.254 e. The van der Waals surface area contributed by atoms with Crippen molar-refractivity contribution in [1.82, 2.24) is 4.90 Å². The van der Waals surface area contributed by atoms with Crippen LogP contribution in [0, 0.1) is 5.82 Å². The average Bonchev–Trinajstić information content (AvgIpc) is 3.32.